The van der Waals surface area contributed by atoms with E-state index < -0.39 is 0 Å². The molecule has 0 spiro atoms. The fourth-order valence-electron chi connectivity index (χ4n) is 6.89. The van der Waals surface area contributed by atoms with Gasteiger partial charge < -0.3 is 0 Å². The van der Waals surface area contributed by atoms with E-state index in [1.807, 2.05) is 25.3 Å². The Bertz CT molecular complexity index is 2450. The summed E-state index contributed by atoms with van der Waals surface area (Å²) in [5.74, 6) is 1.78. The zero-order valence-corrected chi connectivity index (χ0v) is 28.5. The molecule has 8 rings (SSSR count). The zero-order valence-electron chi connectivity index (χ0n) is 28.5. The first-order valence-electron chi connectivity index (χ1n) is 16.8. The smallest absolute Gasteiger partial charge is 0.241 e. The molecule has 238 valence electrons. The minimum Gasteiger partial charge on any atom is -0.295 e. The van der Waals surface area contributed by atoms with E-state index in [-0.39, 0.29) is 12.1 Å². The second-order valence-corrected chi connectivity index (χ2v) is 13.9. The molecule has 0 N–H and O–H groups in total. The number of nitrogens with zero attached hydrogens (tertiary/aromatic N) is 6. The van der Waals surface area contributed by atoms with Gasteiger partial charge in [0.05, 0.1) is 11.0 Å². The quantitative estimate of drug-likeness (QED) is 0.138. The molecular weight excluding hydrogens is 599 g/mol. The first-order valence-corrected chi connectivity index (χ1v) is 16.8. The Morgan fingerprint density at radius 1 is 0.633 bits per heavy atom. The van der Waals surface area contributed by atoms with E-state index in [9.17, 15) is 0 Å². The summed E-state index contributed by atoms with van der Waals surface area (Å²) in [7, 11) is 0. The van der Waals surface area contributed by atoms with Gasteiger partial charge in [-0.1, -0.05) is 122 Å². The van der Waals surface area contributed by atoms with Crippen LogP contribution in [0.5, 0.6) is 0 Å². The number of benzene rings is 4. The van der Waals surface area contributed by atoms with E-state index in [0.29, 0.717) is 0 Å². The highest BCUT2D eigenvalue weighted by Gasteiger charge is 2.27. The molecule has 7 heteroatoms. The van der Waals surface area contributed by atoms with Crippen molar-refractivity contribution in [2.45, 2.75) is 40.0 Å². The Balaban J connectivity index is 1.35. The molecule has 0 saturated heterocycles. The highest BCUT2D eigenvalue weighted by molar-refractivity contribution is 6.95. The number of aryl methyl sites for hydroxylation is 2. The third-order valence-electron chi connectivity index (χ3n) is 9.23. The predicted octanol–water partition coefficient (Wildman–Crippen LogP) is 7.73. The van der Waals surface area contributed by atoms with Crippen LogP contribution >= 0.6 is 0 Å². The van der Waals surface area contributed by atoms with Crippen LogP contribution in [0.1, 0.15) is 37.9 Å². The molecular formula is C42H37BN6. The molecule has 6 nitrogen and oxygen atoms in total. The molecule has 0 bridgehead atoms. The third-order valence-corrected chi connectivity index (χ3v) is 9.23. The summed E-state index contributed by atoms with van der Waals surface area (Å²) < 4.78 is 2.21. The van der Waals surface area contributed by atoms with E-state index in [2.05, 4.69) is 152 Å². The average Bonchev–Trinajstić information content (AvgIpc) is 3.58. The van der Waals surface area contributed by atoms with E-state index in [0.717, 1.165) is 56.2 Å². The lowest BCUT2D eigenvalue weighted by Crippen LogP contribution is -2.52. The number of fused-ring (bicyclic) bond motifs is 6. The Kier molecular flexibility index (Phi) is 7.48. The van der Waals surface area contributed by atoms with Gasteiger partial charge in [0.1, 0.15) is 11.6 Å². The standard InChI is InChI=1S/C42H37BN6/c1-28-17-21-33(22-18-28)48(38-16-9-10-25-44-38)34-15-11-14-31(26-34)43(30-12-7-6-8-13-30)32-20-23-35-36(27-32)40-46-47-41(42(3,4)5)49(40)37-24-19-29(2)45-39(35)37/h6-27H,1-5H3. The second-order valence-electron chi connectivity index (χ2n) is 13.9. The fourth-order valence-corrected chi connectivity index (χ4v) is 6.89. The van der Waals surface area contributed by atoms with Crippen molar-refractivity contribution in [1.82, 2.24) is 24.6 Å². The number of rotatable bonds is 6. The molecule has 0 aliphatic heterocycles. The summed E-state index contributed by atoms with van der Waals surface area (Å²) in [5, 5.41) is 11.7. The molecule has 0 aliphatic rings. The van der Waals surface area contributed by atoms with Crippen LogP contribution in [0.4, 0.5) is 17.2 Å². The van der Waals surface area contributed by atoms with E-state index in [1.165, 1.54) is 22.0 Å². The first kappa shape index (κ1) is 30.5. The Labute approximate surface area is 287 Å². The summed E-state index contributed by atoms with van der Waals surface area (Å²) in [4.78, 5) is 12.0. The maximum Gasteiger partial charge on any atom is 0.241 e. The minimum absolute atomic E-state index is 0.0413. The third kappa shape index (κ3) is 5.51. The predicted molar refractivity (Wildman–Crippen MR) is 204 cm³/mol. The number of aromatic nitrogens is 5. The van der Waals surface area contributed by atoms with E-state index in [4.69, 9.17) is 20.2 Å². The van der Waals surface area contributed by atoms with Gasteiger partial charge in [-0.3, -0.25) is 14.3 Å². The maximum atomic E-state index is 5.05. The van der Waals surface area contributed by atoms with Crippen LogP contribution in [0.3, 0.4) is 0 Å². The SMILES string of the molecule is Cc1ccc(N(c2cccc(B(c3ccccc3)c3ccc4c(c3)c3nnc(C(C)(C)C)n3c3ccc(C)nc43)c2)c2ccccn2)cc1. The minimum atomic E-state index is -0.202. The van der Waals surface area contributed by atoms with Crippen LogP contribution < -0.4 is 21.3 Å². The molecule has 4 aromatic heterocycles. The Morgan fingerprint density at radius 3 is 2.14 bits per heavy atom. The molecule has 0 unspecified atom stereocenters. The van der Waals surface area contributed by atoms with Crippen LogP contribution in [-0.2, 0) is 5.41 Å². The van der Waals surface area contributed by atoms with Gasteiger partial charge in [-0.25, -0.2) is 4.98 Å². The van der Waals surface area contributed by atoms with Crippen LogP contribution in [0.15, 0.2) is 134 Å². The lowest BCUT2D eigenvalue weighted by atomic mass is 9.37. The number of anilines is 3. The summed E-state index contributed by atoms with van der Waals surface area (Å²) in [5.41, 5.74) is 10.5. The van der Waals surface area contributed by atoms with Crippen molar-refractivity contribution < 1.29 is 0 Å². The molecule has 0 saturated carbocycles. The molecule has 4 aromatic carbocycles. The summed E-state index contributed by atoms with van der Waals surface area (Å²) in [6, 6.07) is 45.2. The van der Waals surface area contributed by atoms with Crippen LogP contribution in [-0.4, -0.2) is 31.3 Å². The normalized spacial score (nSPS) is 11.8. The highest BCUT2D eigenvalue weighted by atomic mass is 15.3. The maximum absolute atomic E-state index is 5.05. The lowest BCUT2D eigenvalue weighted by Gasteiger charge is -2.26. The number of pyridine rings is 3. The van der Waals surface area contributed by atoms with Crippen LogP contribution in [0, 0.1) is 13.8 Å². The molecule has 0 radical (unpaired) electrons. The van der Waals surface area contributed by atoms with E-state index >= 15 is 0 Å². The molecule has 0 amide bonds. The van der Waals surface area contributed by atoms with Crippen LogP contribution in [0.2, 0.25) is 0 Å². The zero-order chi connectivity index (χ0) is 33.7. The van der Waals surface area contributed by atoms with Gasteiger partial charge in [0.2, 0.25) is 6.71 Å². The second kappa shape index (κ2) is 12.0. The van der Waals surface area contributed by atoms with Crippen molar-refractivity contribution in [2.75, 3.05) is 4.90 Å². The molecule has 0 fully saturated rings. The summed E-state index contributed by atoms with van der Waals surface area (Å²) >= 11 is 0. The summed E-state index contributed by atoms with van der Waals surface area (Å²) in [6.45, 7) is 10.7. The topological polar surface area (TPSA) is 59.2 Å². The van der Waals surface area contributed by atoms with Crippen molar-refractivity contribution in [1.29, 1.82) is 0 Å². The largest absolute Gasteiger partial charge is 0.295 e. The van der Waals surface area contributed by atoms with Crippen molar-refractivity contribution >= 4 is 67.7 Å². The van der Waals surface area contributed by atoms with Crippen molar-refractivity contribution in [3.8, 4) is 0 Å². The van der Waals surface area contributed by atoms with Gasteiger partial charge in [-0.2, -0.15) is 0 Å². The first-order chi connectivity index (χ1) is 23.8. The lowest BCUT2D eigenvalue weighted by molar-refractivity contribution is 0.541. The van der Waals surface area contributed by atoms with Gasteiger partial charge in [-0.15, -0.1) is 10.2 Å². The van der Waals surface area contributed by atoms with Gasteiger partial charge in [0.25, 0.3) is 0 Å². The van der Waals surface area contributed by atoms with E-state index in [1.54, 1.807) is 0 Å². The van der Waals surface area contributed by atoms with Crippen molar-refractivity contribution in [3.63, 3.8) is 0 Å². The Hall–Kier alpha value is -5.82. The van der Waals surface area contributed by atoms with Crippen molar-refractivity contribution in [3.05, 3.63) is 151 Å². The molecule has 0 aliphatic carbocycles. The monoisotopic (exact) mass is 636 g/mol. The average molecular weight is 637 g/mol. The molecule has 0 atom stereocenters. The fraction of sp³-hybridized carbons (Fsp3) is 0.143. The summed E-state index contributed by atoms with van der Waals surface area (Å²) in [6.07, 6.45) is 1.85. The number of hydrogen-bond donors (Lipinski definition) is 0. The molecule has 49 heavy (non-hydrogen) atoms. The van der Waals surface area contributed by atoms with Gasteiger partial charge in [0, 0.05) is 39.5 Å². The Morgan fingerprint density at radius 2 is 1.39 bits per heavy atom. The molecule has 8 aromatic rings. The molecule has 4 heterocycles. The van der Waals surface area contributed by atoms with Gasteiger partial charge >= 0.3 is 0 Å². The van der Waals surface area contributed by atoms with Crippen LogP contribution in [0.25, 0.3) is 27.5 Å². The van der Waals surface area contributed by atoms with Crippen molar-refractivity contribution in [2.24, 2.45) is 0 Å². The highest BCUT2D eigenvalue weighted by Crippen LogP contribution is 2.34. The van der Waals surface area contributed by atoms with Gasteiger partial charge in [-0.05, 0) is 62.4 Å². The number of hydrogen-bond acceptors (Lipinski definition) is 5. The van der Waals surface area contributed by atoms with Gasteiger partial charge in [0.15, 0.2) is 5.65 Å².